The van der Waals surface area contributed by atoms with Crippen molar-refractivity contribution >= 4 is 6.16 Å². The molecule has 0 bridgehead atoms. The summed E-state index contributed by atoms with van der Waals surface area (Å²) in [6.45, 7) is 1.89. The molecule has 1 aromatic heterocycles. The van der Waals surface area contributed by atoms with Gasteiger partial charge in [0, 0.05) is 37.7 Å². The third-order valence-corrected chi connectivity index (χ3v) is 7.38. The van der Waals surface area contributed by atoms with E-state index >= 15 is 0 Å². The lowest BCUT2D eigenvalue weighted by molar-refractivity contribution is -0.0363. The summed E-state index contributed by atoms with van der Waals surface area (Å²) in [5.41, 5.74) is 2.36. The highest BCUT2D eigenvalue weighted by Gasteiger charge is 2.35. The van der Waals surface area contributed by atoms with Gasteiger partial charge >= 0.3 is 6.16 Å². The second kappa shape index (κ2) is 10.3. The summed E-state index contributed by atoms with van der Waals surface area (Å²) in [6, 6.07) is 11.7. The van der Waals surface area contributed by atoms with Gasteiger partial charge in [-0.2, -0.15) is 4.98 Å². The van der Waals surface area contributed by atoms with Crippen LogP contribution in [0.4, 0.5) is 13.6 Å². The zero-order valence-electron chi connectivity index (χ0n) is 20.0. The molecule has 0 atom stereocenters. The first-order valence-electron chi connectivity index (χ1n) is 12.4. The quantitative estimate of drug-likeness (QED) is 0.398. The highest BCUT2D eigenvalue weighted by atomic mass is 19.1. The Bertz CT molecular complexity index is 1180. The van der Waals surface area contributed by atoms with E-state index in [1.54, 1.807) is 0 Å². The Morgan fingerprint density at radius 2 is 1.78 bits per heavy atom. The van der Waals surface area contributed by atoms with Crippen molar-refractivity contribution in [1.29, 1.82) is 0 Å². The molecule has 1 aliphatic carbocycles. The number of rotatable bonds is 8. The molecule has 36 heavy (non-hydrogen) atoms. The van der Waals surface area contributed by atoms with Crippen molar-refractivity contribution in [2.24, 2.45) is 0 Å². The number of halogens is 2. The van der Waals surface area contributed by atoms with Gasteiger partial charge in [-0.1, -0.05) is 48.7 Å². The van der Waals surface area contributed by atoms with Crippen LogP contribution in [0.15, 0.2) is 47.0 Å². The number of likely N-dealkylation sites (tertiary alicyclic amines) is 1. The monoisotopic (exact) mass is 497 g/mol. The van der Waals surface area contributed by atoms with E-state index in [1.807, 2.05) is 24.3 Å². The van der Waals surface area contributed by atoms with Crippen LogP contribution in [-0.4, -0.2) is 45.5 Å². The highest BCUT2D eigenvalue weighted by Crippen LogP contribution is 2.43. The van der Waals surface area contributed by atoms with Crippen LogP contribution in [0.5, 0.6) is 0 Å². The van der Waals surface area contributed by atoms with Crippen LogP contribution >= 0.6 is 0 Å². The zero-order chi connectivity index (χ0) is 25.1. The van der Waals surface area contributed by atoms with E-state index in [0.29, 0.717) is 44.2 Å². The van der Waals surface area contributed by atoms with Crippen LogP contribution < -0.4 is 0 Å². The Morgan fingerprint density at radius 1 is 1.08 bits per heavy atom. The SMILES string of the molecule is O=C(O)OC1CN(Cc2ccc(-c3noc(CCC4(c5cc(F)cc(F)c5)CCCCC4)n3)cc2)C1. The third-order valence-electron chi connectivity index (χ3n) is 7.38. The number of carbonyl (C=O) groups is 1. The third kappa shape index (κ3) is 5.56. The fourth-order valence-electron chi connectivity index (χ4n) is 5.48. The van der Waals surface area contributed by atoms with E-state index in [0.717, 1.165) is 54.9 Å². The smallest absolute Gasteiger partial charge is 0.450 e. The molecule has 3 aromatic rings. The minimum Gasteiger partial charge on any atom is -0.450 e. The summed E-state index contributed by atoms with van der Waals surface area (Å²) < 4.78 is 38.2. The Morgan fingerprint density at radius 3 is 2.44 bits per heavy atom. The molecule has 1 saturated carbocycles. The first-order valence-corrected chi connectivity index (χ1v) is 12.4. The summed E-state index contributed by atoms with van der Waals surface area (Å²) in [4.78, 5) is 17.3. The molecule has 2 aromatic carbocycles. The molecule has 2 heterocycles. The number of benzene rings is 2. The van der Waals surface area contributed by atoms with Gasteiger partial charge in [0.1, 0.15) is 17.7 Å². The normalized spacial score (nSPS) is 18.1. The number of aryl methyl sites for hydroxylation is 1. The maximum absolute atomic E-state index is 14.0. The van der Waals surface area contributed by atoms with E-state index in [9.17, 15) is 13.6 Å². The van der Waals surface area contributed by atoms with Crippen LogP contribution in [0.25, 0.3) is 11.4 Å². The molecular formula is C27H29F2N3O4. The number of ether oxygens (including phenoxy) is 1. The van der Waals surface area contributed by atoms with E-state index in [-0.39, 0.29) is 11.5 Å². The maximum atomic E-state index is 14.0. The fourth-order valence-corrected chi connectivity index (χ4v) is 5.48. The lowest BCUT2D eigenvalue weighted by Crippen LogP contribution is -2.52. The summed E-state index contributed by atoms with van der Waals surface area (Å²) in [5, 5.41) is 12.8. The molecule has 0 radical (unpaired) electrons. The van der Waals surface area contributed by atoms with Crippen molar-refractivity contribution in [3.05, 3.63) is 71.1 Å². The Hall–Kier alpha value is -3.33. The summed E-state index contributed by atoms with van der Waals surface area (Å²) in [7, 11) is 0. The predicted molar refractivity (Wildman–Crippen MR) is 127 cm³/mol. The topological polar surface area (TPSA) is 88.7 Å². The molecule has 2 fully saturated rings. The van der Waals surface area contributed by atoms with Crippen LogP contribution in [0.1, 0.15) is 55.5 Å². The van der Waals surface area contributed by atoms with Gasteiger partial charge in [-0.3, -0.25) is 4.90 Å². The summed E-state index contributed by atoms with van der Waals surface area (Å²) in [5.74, 6) is -0.0622. The number of hydrogen-bond acceptors (Lipinski definition) is 6. The minimum absolute atomic E-state index is 0.257. The average Bonchev–Trinajstić information content (AvgIpc) is 3.31. The van der Waals surface area contributed by atoms with E-state index in [2.05, 4.69) is 15.0 Å². The van der Waals surface area contributed by atoms with E-state index in [1.165, 1.54) is 12.1 Å². The van der Waals surface area contributed by atoms with Crippen molar-refractivity contribution in [2.45, 2.75) is 63.0 Å². The number of hydrogen-bond donors (Lipinski definition) is 1. The Labute approximate surface area is 208 Å². The molecule has 190 valence electrons. The van der Waals surface area contributed by atoms with E-state index in [4.69, 9.17) is 14.4 Å². The van der Waals surface area contributed by atoms with Crippen LogP contribution in [0.3, 0.4) is 0 Å². The summed E-state index contributed by atoms with van der Waals surface area (Å²) >= 11 is 0. The molecule has 0 spiro atoms. The molecule has 7 nitrogen and oxygen atoms in total. The fraction of sp³-hybridized carbons (Fsp3) is 0.444. The zero-order valence-corrected chi connectivity index (χ0v) is 20.0. The van der Waals surface area contributed by atoms with Crippen molar-refractivity contribution in [1.82, 2.24) is 15.0 Å². The number of nitrogens with zero attached hydrogens (tertiary/aromatic N) is 3. The molecule has 1 aliphatic heterocycles. The van der Waals surface area contributed by atoms with Gasteiger partial charge in [0.25, 0.3) is 0 Å². The van der Waals surface area contributed by atoms with Crippen LogP contribution in [-0.2, 0) is 23.1 Å². The Kier molecular flexibility index (Phi) is 7.00. The van der Waals surface area contributed by atoms with Crippen LogP contribution in [0, 0.1) is 11.6 Å². The van der Waals surface area contributed by atoms with Crippen molar-refractivity contribution < 1.29 is 27.9 Å². The Balaban J connectivity index is 1.21. The minimum atomic E-state index is -1.24. The second-order valence-electron chi connectivity index (χ2n) is 9.91. The van der Waals surface area contributed by atoms with Gasteiger partial charge in [-0.25, -0.2) is 13.6 Å². The molecular weight excluding hydrogens is 468 g/mol. The van der Waals surface area contributed by atoms with E-state index < -0.39 is 17.8 Å². The lowest BCUT2D eigenvalue weighted by Gasteiger charge is -2.38. The number of aromatic nitrogens is 2. The summed E-state index contributed by atoms with van der Waals surface area (Å²) in [6.07, 6.45) is 4.71. The van der Waals surface area contributed by atoms with Crippen LogP contribution in [0.2, 0.25) is 0 Å². The van der Waals surface area contributed by atoms with Gasteiger partial charge in [0.15, 0.2) is 0 Å². The van der Waals surface area contributed by atoms with Gasteiger partial charge in [-0.05, 0) is 47.9 Å². The molecule has 2 aliphatic rings. The van der Waals surface area contributed by atoms with Crippen molar-refractivity contribution in [2.75, 3.05) is 13.1 Å². The maximum Gasteiger partial charge on any atom is 0.506 e. The molecule has 9 heteroatoms. The standard InChI is InChI=1S/C27H29F2N3O4/c28-21-12-20(13-22(29)14-21)27(9-2-1-3-10-27)11-8-24-30-25(31-36-24)19-6-4-18(5-7-19)15-32-16-23(17-32)35-26(33)34/h4-7,12-14,23H,1-3,8-11,15-17H2,(H,33,34). The lowest BCUT2D eigenvalue weighted by atomic mass is 9.67. The second-order valence-corrected chi connectivity index (χ2v) is 9.91. The number of carboxylic acid groups (broad SMARTS) is 1. The molecule has 5 rings (SSSR count). The molecule has 0 unspecified atom stereocenters. The van der Waals surface area contributed by atoms with Gasteiger partial charge in [0.05, 0.1) is 0 Å². The van der Waals surface area contributed by atoms with Crippen molar-refractivity contribution in [3.63, 3.8) is 0 Å². The first kappa shape index (κ1) is 24.4. The van der Waals surface area contributed by atoms with Gasteiger partial charge in [-0.15, -0.1) is 0 Å². The van der Waals surface area contributed by atoms with Gasteiger partial charge in [0.2, 0.25) is 11.7 Å². The molecule has 1 N–H and O–H groups in total. The average molecular weight is 498 g/mol. The van der Waals surface area contributed by atoms with Crippen molar-refractivity contribution in [3.8, 4) is 11.4 Å². The first-order chi connectivity index (χ1) is 17.4. The molecule has 1 saturated heterocycles. The predicted octanol–water partition coefficient (Wildman–Crippen LogP) is 5.73. The largest absolute Gasteiger partial charge is 0.506 e. The molecule has 0 amide bonds. The highest BCUT2D eigenvalue weighted by molar-refractivity contribution is 5.57. The van der Waals surface area contributed by atoms with Gasteiger partial charge < -0.3 is 14.4 Å².